The lowest BCUT2D eigenvalue weighted by Gasteiger charge is -2.09. The highest BCUT2D eigenvalue weighted by molar-refractivity contribution is 5.22. The average Bonchev–Trinajstić information content (AvgIpc) is 2.15. The Kier molecular flexibility index (Phi) is 3.85. The van der Waals surface area contributed by atoms with Gasteiger partial charge in [0, 0.05) is 20.1 Å². The summed E-state index contributed by atoms with van der Waals surface area (Å²) in [6, 6.07) is 7.93. The maximum Gasteiger partial charge on any atom is 0.0375 e. The van der Waals surface area contributed by atoms with Gasteiger partial charge in [-0.05, 0) is 11.1 Å². The molecule has 72 valence electrons. The van der Waals surface area contributed by atoms with Crippen molar-refractivity contribution in [2.24, 2.45) is 5.73 Å². The lowest BCUT2D eigenvalue weighted by atomic mass is 10.1. The zero-order chi connectivity index (χ0) is 9.68. The maximum atomic E-state index is 8.82. The Morgan fingerprint density at radius 2 is 1.85 bits per heavy atom. The third kappa shape index (κ3) is 3.52. The number of nitrogens with one attached hydrogen (secondary N) is 1. The zero-order valence-corrected chi connectivity index (χ0v) is 7.70. The minimum absolute atomic E-state index is 0.563. The van der Waals surface area contributed by atoms with Crippen molar-refractivity contribution in [3.8, 4) is 0 Å². The van der Waals surface area contributed by atoms with Gasteiger partial charge in [0.25, 0.3) is 0 Å². The second kappa shape index (κ2) is 4.94. The van der Waals surface area contributed by atoms with Gasteiger partial charge in [-0.15, -0.1) is 5.17 Å². The Hall–Kier alpha value is -0.940. The quantitative estimate of drug-likeness (QED) is 0.591. The summed E-state index contributed by atoms with van der Waals surface area (Å²) < 4.78 is 0. The molecule has 13 heavy (non-hydrogen) atoms. The standard InChI is InChI=1S/C9H15N3O/c1-12(13)11-7-9-4-2-8(6-10)3-5-9/h2-5,11,13H,6-7,10H2,1H3. The van der Waals surface area contributed by atoms with Crippen LogP contribution in [0.4, 0.5) is 0 Å². The van der Waals surface area contributed by atoms with Gasteiger partial charge in [-0.2, -0.15) is 0 Å². The van der Waals surface area contributed by atoms with Gasteiger partial charge >= 0.3 is 0 Å². The van der Waals surface area contributed by atoms with Crippen molar-refractivity contribution in [3.63, 3.8) is 0 Å². The van der Waals surface area contributed by atoms with Crippen LogP contribution in [0.1, 0.15) is 11.1 Å². The van der Waals surface area contributed by atoms with Crippen molar-refractivity contribution in [1.82, 2.24) is 10.6 Å². The van der Waals surface area contributed by atoms with E-state index in [1.807, 2.05) is 24.3 Å². The van der Waals surface area contributed by atoms with E-state index in [4.69, 9.17) is 10.9 Å². The zero-order valence-electron chi connectivity index (χ0n) is 7.70. The van der Waals surface area contributed by atoms with Gasteiger partial charge in [0.1, 0.15) is 0 Å². The molecule has 0 spiro atoms. The molecule has 4 heteroatoms. The first kappa shape index (κ1) is 10.1. The molecule has 0 bridgehead atoms. The van der Waals surface area contributed by atoms with E-state index in [1.165, 1.54) is 7.05 Å². The van der Waals surface area contributed by atoms with Gasteiger partial charge in [-0.3, -0.25) is 5.21 Å². The summed E-state index contributed by atoms with van der Waals surface area (Å²) in [5, 5.41) is 9.76. The number of rotatable bonds is 4. The fourth-order valence-corrected chi connectivity index (χ4v) is 0.999. The number of hydrogen-bond donors (Lipinski definition) is 3. The van der Waals surface area contributed by atoms with E-state index in [0.29, 0.717) is 13.1 Å². The number of hydrazine groups is 1. The summed E-state index contributed by atoms with van der Waals surface area (Å²) in [6.07, 6.45) is 0. The summed E-state index contributed by atoms with van der Waals surface area (Å²) in [4.78, 5) is 0. The predicted octanol–water partition coefficient (Wildman–Crippen LogP) is 0.471. The third-order valence-electron chi connectivity index (χ3n) is 1.77. The Labute approximate surface area is 77.9 Å². The average molecular weight is 181 g/mol. The van der Waals surface area contributed by atoms with Crippen molar-refractivity contribution in [2.75, 3.05) is 7.05 Å². The van der Waals surface area contributed by atoms with E-state index in [2.05, 4.69) is 5.43 Å². The van der Waals surface area contributed by atoms with Gasteiger partial charge in [-0.25, -0.2) is 5.43 Å². The second-order valence-corrected chi connectivity index (χ2v) is 2.88. The molecule has 1 rings (SSSR count). The minimum atomic E-state index is 0.563. The van der Waals surface area contributed by atoms with Crippen molar-refractivity contribution in [3.05, 3.63) is 35.4 Å². The number of hydrogen-bond acceptors (Lipinski definition) is 4. The van der Waals surface area contributed by atoms with Crippen LogP contribution in [-0.4, -0.2) is 17.4 Å². The van der Waals surface area contributed by atoms with Crippen LogP contribution in [0.5, 0.6) is 0 Å². The first-order valence-electron chi connectivity index (χ1n) is 4.16. The largest absolute Gasteiger partial charge is 0.326 e. The smallest absolute Gasteiger partial charge is 0.0375 e. The molecule has 0 aliphatic heterocycles. The third-order valence-corrected chi connectivity index (χ3v) is 1.77. The molecule has 4 N–H and O–H groups in total. The highest BCUT2D eigenvalue weighted by Gasteiger charge is 1.94. The highest BCUT2D eigenvalue weighted by atomic mass is 16.5. The van der Waals surface area contributed by atoms with E-state index >= 15 is 0 Å². The summed E-state index contributed by atoms with van der Waals surface area (Å²) >= 11 is 0. The summed E-state index contributed by atoms with van der Waals surface area (Å²) in [5.41, 5.74) is 10.4. The molecular weight excluding hydrogens is 166 g/mol. The van der Waals surface area contributed by atoms with Gasteiger partial charge in [0.15, 0.2) is 0 Å². The molecule has 0 aliphatic rings. The summed E-state index contributed by atoms with van der Waals surface area (Å²) in [6.45, 7) is 1.17. The van der Waals surface area contributed by atoms with Crippen LogP contribution >= 0.6 is 0 Å². The van der Waals surface area contributed by atoms with Crippen molar-refractivity contribution >= 4 is 0 Å². The fraction of sp³-hybridized carbons (Fsp3) is 0.333. The van der Waals surface area contributed by atoms with Gasteiger partial charge in [-0.1, -0.05) is 24.3 Å². The van der Waals surface area contributed by atoms with Crippen LogP contribution < -0.4 is 11.2 Å². The molecule has 1 aromatic carbocycles. The first-order chi connectivity index (χ1) is 6.22. The lowest BCUT2D eigenvalue weighted by Crippen LogP contribution is -2.30. The minimum Gasteiger partial charge on any atom is -0.326 e. The van der Waals surface area contributed by atoms with E-state index in [1.54, 1.807) is 0 Å². The Bertz CT molecular complexity index is 246. The molecule has 0 radical (unpaired) electrons. The molecule has 1 aromatic rings. The number of hydroxylamine groups is 1. The van der Waals surface area contributed by atoms with Crippen LogP contribution in [0.3, 0.4) is 0 Å². The summed E-state index contributed by atoms with van der Waals surface area (Å²) in [5.74, 6) is 0. The Morgan fingerprint density at radius 1 is 1.31 bits per heavy atom. The molecule has 0 saturated carbocycles. The van der Waals surface area contributed by atoms with Gasteiger partial charge < -0.3 is 5.73 Å². The fourth-order valence-electron chi connectivity index (χ4n) is 0.999. The molecular formula is C9H15N3O. The number of benzene rings is 1. The van der Waals surface area contributed by atoms with Crippen molar-refractivity contribution in [2.45, 2.75) is 13.1 Å². The van der Waals surface area contributed by atoms with E-state index in [0.717, 1.165) is 16.3 Å². The van der Waals surface area contributed by atoms with Crippen molar-refractivity contribution in [1.29, 1.82) is 0 Å². The SMILES string of the molecule is CN(O)NCc1ccc(CN)cc1. The van der Waals surface area contributed by atoms with Crippen LogP contribution in [0, 0.1) is 0 Å². The second-order valence-electron chi connectivity index (χ2n) is 2.88. The monoisotopic (exact) mass is 181 g/mol. The predicted molar refractivity (Wildman–Crippen MR) is 50.7 cm³/mol. The first-order valence-corrected chi connectivity index (χ1v) is 4.16. The normalized spacial score (nSPS) is 10.8. The highest BCUT2D eigenvalue weighted by Crippen LogP contribution is 2.02. The molecule has 0 saturated heterocycles. The lowest BCUT2D eigenvalue weighted by molar-refractivity contribution is -0.114. The number of nitrogens with two attached hydrogens (primary N) is 1. The molecule has 0 unspecified atom stereocenters. The summed E-state index contributed by atoms with van der Waals surface area (Å²) in [7, 11) is 1.54. The number of nitrogens with zero attached hydrogens (tertiary/aromatic N) is 1. The van der Waals surface area contributed by atoms with Crippen LogP contribution in [0.25, 0.3) is 0 Å². The molecule has 0 atom stereocenters. The van der Waals surface area contributed by atoms with Crippen LogP contribution in [0.2, 0.25) is 0 Å². The van der Waals surface area contributed by atoms with E-state index < -0.39 is 0 Å². The Balaban J connectivity index is 2.49. The van der Waals surface area contributed by atoms with Crippen LogP contribution in [0.15, 0.2) is 24.3 Å². The van der Waals surface area contributed by atoms with Crippen LogP contribution in [-0.2, 0) is 13.1 Å². The van der Waals surface area contributed by atoms with E-state index in [-0.39, 0.29) is 0 Å². The molecule has 0 heterocycles. The molecule has 0 aromatic heterocycles. The van der Waals surface area contributed by atoms with Crippen molar-refractivity contribution < 1.29 is 5.21 Å². The van der Waals surface area contributed by atoms with Gasteiger partial charge in [0.2, 0.25) is 0 Å². The van der Waals surface area contributed by atoms with E-state index in [9.17, 15) is 0 Å². The molecule has 4 nitrogen and oxygen atoms in total. The topological polar surface area (TPSA) is 61.5 Å². The molecule has 0 aliphatic carbocycles. The maximum absolute atomic E-state index is 8.82. The Morgan fingerprint density at radius 3 is 2.31 bits per heavy atom. The molecule has 0 amide bonds. The molecule has 0 fully saturated rings. The van der Waals surface area contributed by atoms with Gasteiger partial charge in [0.05, 0.1) is 0 Å².